The summed E-state index contributed by atoms with van der Waals surface area (Å²) in [7, 11) is 0. The fourth-order valence-electron chi connectivity index (χ4n) is 3.34. The highest BCUT2D eigenvalue weighted by Gasteiger charge is 2.12. The Balaban J connectivity index is 1.35. The Labute approximate surface area is 193 Å². The van der Waals surface area contributed by atoms with Crippen LogP contribution >= 0.6 is 23.1 Å². The summed E-state index contributed by atoms with van der Waals surface area (Å²) < 4.78 is 13.3. The molecular formula is C25H19FN4S2. The maximum absolute atomic E-state index is 13.3. The number of aromatic nitrogens is 3. The first kappa shape index (κ1) is 20.6. The number of thiazole rings is 1. The van der Waals surface area contributed by atoms with Crippen LogP contribution in [0.4, 0.5) is 15.2 Å². The van der Waals surface area contributed by atoms with Crippen molar-refractivity contribution in [2.45, 2.75) is 17.7 Å². The molecule has 0 bridgehead atoms. The second-order valence-corrected chi connectivity index (χ2v) is 9.15. The summed E-state index contributed by atoms with van der Waals surface area (Å²) in [6.07, 6.45) is 0. The Hall–Kier alpha value is -3.29. The molecule has 0 spiro atoms. The Morgan fingerprint density at radius 2 is 1.66 bits per heavy atom. The van der Waals surface area contributed by atoms with Gasteiger partial charge in [-0.1, -0.05) is 53.7 Å². The maximum atomic E-state index is 13.3. The van der Waals surface area contributed by atoms with Crippen LogP contribution in [0.5, 0.6) is 0 Å². The summed E-state index contributed by atoms with van der Waals surface area (Å²) in [6, 6.07) is 22.7. The summed E-state index contributed by atoms with van der Waals surface area (Å²) in [6.45, 7) is 2.07. The lowest BCUT2D eigenvalue weighted by atomic mass is 10.1. The van der Waals surface area contributed by atoms with Gasteiger partial charge in [0.1, 0.15) is 16.5 Å². The number of hydrogen-bond donors (Lipinski definition) is 1. The van der Waals surface area contributed by atoms with Crippen LogP contribution in [0.3, 0.4) is 0 Å². The molecule has 5 rings (SSSR count). The van der Waals surface area contributed by atoms with Crippen LogP contribution in [0.1, 0.15) is 11.3 Å². The predicted octanol–water partition coefficient (Wildman–Crippen LogP) is 7.24. The number of halogens is 1. The number of nitrogens with one attached hydrogen (secondary N) is 1. The second kappa shape index (κ2) is 9.06. The molecule has 0 aliphatic carbocycles. The third-order valence-electron chi connectivity index (χ3n) is 4.98. The molecule has 158 valence electrons. The van der Waals surface area contributed by atoms with Crippen LogP contribution in [0.25, 0.3) is 22.0 Å². The molecule has 5 aromatic rings. The zero-order chi connectivity index (χ0) is 21.9. The average Bonchev–Trinajstić information content (AvgIpc) is 3.27. The van der Waals surface area contributed by atoms with E-state index in [0.717, 1.165) is 43.6 Å². The number of anilines is 2. The smallest absolute Gasteiger partial charge is 0.187 e. The van der Waals surface area contributed by atoms with E-state index in [1.165, 1.54) is 17.7 Å². The minimum Gasteiger partial charge on any atom is -0.332 e. The van der Waals surface area contributed by atoms with E-state index in [9.17, 15) is 4.39 Å². The fraction of sp³-hybridized carbons (Fsp3) is 0.0800. The molecule has 3 aromatic carbocycles. The van der Waals surface area contributed by atoms with Crippen LogP contribution in [0.15, 0.2) is 83.2 Å². The molecule has 0 saturated heterocycles. The van der Waals surface area contributed by atoms with Gasteiger partial charge in [-0.15, -0.1) is 21.5 Å². The van der Waals surface area contributed by atoms with E-state index >= 15 is 0 Å². The van der Waals surface area contributed by atoms with Gasteiger partial charge in [0.15, 0.2) is 5.13 Å². The van der Waals surface area contributed by atoms with Gasteiger partial charge in [0.25, 0.3) is 0 Å². The number of rotatable bonds is 6. The monoisotopic (exact) mass is 458 g/mol. The molecule has 32 heavy (non-hydrogen) atoms. The summed E-state index contributed by atoms with van der Waals surface area (Å²) in [4.78, 5) is 4.70. The molecule has 0 amide bonds. The number of fused-ring (bicyclic) bond motifs is 1. The first-order chi connectivity index (χ1) is 15.7. The third-order valence-corrected chi connectivity index (χ3v) is 6.80. The van der Waals surface area contributed by atoms with Crippen molar-refractivity contribution in [3.8, 4) is 11.3 Å². The van der Waals surface area contributed by atoms with Crippen molar-refractivity contribution >= 4 is 44.7 Å². The molecule has 0 radical (unpaired) electrons. The number of benzene rings is 3. The van der Waals surface area contributed by atoms with E-state index in [4.69, 9.17) is 4.98 Å². The highest BCUT2D eigenvalue weighted by molar-refractivity contribution is 7.98. The van der Waals surface area contributed by atoms with Crippen molar-refractivity contribution in [3.05, 3.63) is 95.3 Å². The van der Waals surface area contributed by atoms with Crippen molar-refractivity contribution in [3.63, 3.8) is 0 Å². The Morgan fingerprint density at radius 3 is 2.44 bits per heavy atom. The molecular weight excluding hydrogens is 439 g/mol. The van der Waals surface area contributed by atoms with Crippen molar-refractivity contribution in [2.24, 2.45) is 0 Å². The molecule has 4 nitrogen and oxygen atoms in total. The maximum Gasteiger partial charge on any atom is 0.187 e. The molecule has 0 aliphatic rings. The van der Waals surface area contributed by atoms with Crippen molar-refractivity contribution in [1.29, 1.82) is 0 Å². The second-order valence-electron chi connectivity index (χ2n) is 7.33. The van der Waals surface area contributed by atoms with E-state index in [-0.39, 0.29) is 5.82 Å². The molecule has 0 aliphatic heterocycles. The van der Waals surface area contributed by atoms with Crippen LogP contribution in [0, 0.1) is 12.7 Å². The molecule has 0 saturated carbocycles. The van der Waals surface area contributed by atoms with Gasteiger partial charge in [-0.3, -0.25) is 0 Å². The number of hydrogen-bond acceptors (Lipinski definition) is 6. The Morgan fingerprint density at radius 1 is 0.906 bits per heavy atom. The quantitative estimate of drug-likeness (QED) is 0.272. The van der Waals surface area contributed by atoms with Gasteiger partial charge in [-0.2, -0.15) is 0 Å². The SMILES string of the molecule is Cc1ccc(Nc2nc(CSc3nnc(-c4ccc(F)cc4)c4ccccc34)cs2)cc1. The Bertz CT molecular complexity index is 1370. The minimum absolute atomic E-state index is 0.266. The normalized spacial score (nSPS) is 11.1. The summed E-state index contributed by atoms with van der Waals surface area (Å²) in [5.74, 6) is 0.429. The van der Waals surface area contributed by atoms with Gasteiger partial charge in [0, 0.05) is 33.2 Å². The summed E-state index contributed by atoms with van der Waals surface area (Å²) in [5, 5.41) is 18.1. The van der Waals surface area contributed by atoms with Crippen molar-refractivity contribution in [1.82, 2.24) is 15.2 Å². The molecule has 2 aromatic heterocycles. The lowest BCUT2D eigenvalue weighted by Gasteiger charge is -2.09. The van der Waals surface area contributed by atoms with Crippen LogP contribution in [0.2, 0.25) is 0 Å². The van der Waals surface area contributed by atoms with Gasteiger partial charge >= 0.3 is 0 Å². The molecule has 2 heterocycles. The van der Waals surface area contributed by atoms with Gasteiger partial charge in [0.05, 0.1) is 5.69 Å². The number of aryl methyl sites for hydroxylation is 1. The van der Waals surface area contributed by atoms with E-state index in [1.807, 2.05) is 24.3 Å². The Kier molecular flexibility index (Phi) is 5.83. The van der Waals surface area contributed by atoms with Gasteiger partial charge in [0.2, 0.25) is 0 Å². The van der Waals surface area contributed by atoms with Gasteiger partial charge in [-0.05, 0) is 43.3 Å². The molecule has 0 atom stereocenters. The van der Waals surface area contributed by atoms with Crippen LogP contribution in [-0.2, 0) is 5.75 Å². The van der Waals surface area contributed by atoms with E-state index in [1.54, 1.807) is 35.2 Å². The highest BCUT2D eigenvalue weighted by atomic mass is 32.2. The first-order valence-electron chi connectivity index (χ1n) is 10.1. The van der Waals surface area contributed by atoms with Crippen molar-refractivity contribution < 1.29 is 4.39 Å². The third kappa shape index (κ3) is 4.49. The average molecular weight is 459 g/mol. The van der Waals surface area contributed by atoms with Crippen molar-refractivity contribution in [2.75, 3.05) is 5.32 Å². The predicted molar refractivity (Wildman–Crippen MR) is 131 cm³/mol. The highest BCUT2D eigenvalue weighted by Crippen LogP contribution is 2.33. The van der Waals surface area contributed by atoms with Crippen LogP contribution in [-0.4, -0.2) is 15.2 Å². The van der Waals surface area contributed by atoms with Crippen LogP contribution < -0.4 is 5.32 Å². The lowest BCUT2D eigenvalue weighted by Crippen LogP contribution is -1.94. The van der Waals surface area contributed by atoms with E-state index in [2.05, 4.69) is 52.1 Å². The first-order valence-corrected chi connectivity index (χ1v) is 11.9. The largest absolute Gasteiger partial charge is 0.332 e. The number of thioether (sulfide) groups is 1. The zero-order valence-corrected chi connectivity index (χ0v) is 18.9. The molecule has 1 N–H and O–H groups in total. The zero-order valence-electron chi connectivity index (χ0n) is 17.2. The fourth-order valence-corrected chi connectivity index (χ4v) is 5.04. The van der Waals surface area contributed by atoms with Gasteiger partial charge < -0.3 is 5.32 Å². The summed E-state index contributed by atoms with van der Waals surface area (Å²) in [5.41, 5.74) is 4.84. The topological polar surface area (TPSA) is 50.7 Å². The van der Waals surface area contributed by atoms with E-state index in [0.29, 0.717) is 5.75 Å². The minimum atomic E-state index is -0.266. The number of nitrogens with zero attached hydrogens (tertiary/aromatic N) is 3. The molecule has 0 fully saturated rings. The molecule has 0 unspecified atom stereocenters. The summed E-state index contributed by atoms with van der Waals surface area (Å²) >= 11 is 3.20. The standard InChI is InChI=1S/C25H19FN4S2/c1-16-6-12-19(13-7-16)27-25-28-20(15-32-25)14-31-24-22-5-3-2-4-21(22)23(29-30-24)17-8-10-18(26)11-9-17/h2-13,15H,14H2,1H3,(H,27,28). The van der Waals surface area contributed by atoms with Gasteiger partial charge in [-0.25, -0.2) is 9.37 Å². The lowest BCUT2D eigenvalue weighted by molar-refractivity contribution is 0.628. The van der Waals surface area contributed by atoms with E-state index < -0.39 is 0 Å². The molecule has 7 heteroatoms.